The second-order valence-electron chi connectivity index (χ2n) is 4.60. The molecule has 1 atom stereocenters. The summed E-state index contributed by atoms with van der Waals surface area (Å²) in [5.41, 5.74) is 0.510. The number of halogens is 3. The minimum Gasteiger partial charge on any atom is -0.491 e. The van der Waals surface area contributed by atoms with E-state index in [1.807, 2.05) is 0 Å². The van der Waals surface area contributed by atoms with E-state index in [1.165, 1.54) is 30.3 Å². The van der Waals surface area contributed by atoms with E-state index in [0.717, 1.165) is 6.07 Å². The molecular formula is C15H14ClF2NO3S. The van der Waals surface area contributed by atoms with Gasteiger partial charge in [0.2, 0.25) is 0 Å². The van der Waals surface area contributed by atoms with E-state index in [2.05, 4.69) is 5.32 Å². The summed E-state index contributed by atoms with van der Waals surface area (Å²) in [5.74, 6) is -0.777. The number of rotatable bonds is 7. The molecule has 1 unspecified atom stereocenters. The molecule has 0 saturated heterocycles. The first kappa shape index (κ1) is 17.8. The predicted molar refractivity (Wildman–Crippen MR) is 84.0 cm³/mol. The molecule has 2 aromatic rings. The Kier molecular flexibility index (Phi) is 6.47. The van der Waals surface area contributed by atoms with Crippen LogP contribution in [0.25, 0.3) is 0 Å². The summed E-state index contributed by atoms with van der Waals surface area (Å²) >= 11 is 3.60. The Bertz CT molecular complexity index is 715. The fourth-order valence-electron chi connectivity index (χ4n) is 1.88. The molecule has 2 rings (SSSR count). The quantitative estimate of drug-likeness (QED) is 0.586. The fourth-order valence-corrected chi connectivity index (χ4v) is 2.63. The lowest BCUT2D eigenvalue weighted by Gasteiger charge is -2.10. The van der Waals surface area contributed by atoms with Crippen LogP contribution in [-0.2, 0) is 17.6 Å². The van der Waals surface area contributed by atoms with E-state index >= 15 is 0 Å². The lowest BCUT2D eigenvalue weighted by atomic mass is 10.2. The number of benzene rings is 2. The van der Waals surface area contributed by atoms with Crippen LogP contribution < -0.4 is 10.1 Å². The van der Waals surface area contributed by atoms with Crippen LogP contribution in [0.15, 0.2) is 41.3 Å². The van der Waals surface area contributed by atoms with Gasteiger partial charge in [0.05, 0.1) is 9.92 Å². The first-order valence-electron chi connectivity index (χ1n) is 6.65. The van der Waals surface area contributed by atoms with Gasteiger partial charge < -0.3 is 14.6 Å². The number of hydrogen-bond acceptors (Lipinski definition) is 3. The Morgan fingerprint density at radius 2 is 1.87 bits per heavy atom. The third-order valence-corrected chi connectivity index (χ3v) is 4.03. The van der Waals surface area contributed by atoms with Gasteiger partial charge in [-0.15, -0.1) is 0 Å². The molecule has 0 fully saturated rings. The monoisotopic (exact) mass is 361 g/mol. The summed E-state index contributed by atoms with van der Waals surface area (Å²) in [6.45, 7) is 0.881. The Balaban J connectivity index is 1.84. The van der Waals surface area contributed by atoms with Crippen LogP contribution in [0, 0.1) is 11.6 Å². The highest BCUT2D eigenvalue weighted by molar-refractivity contribution is 7.79. The summed E-state index contributed by atoms with van der Waals surface area (Å²) < 4.78 is 51.8. The average Bonchev–Trinajstić information content (AvgIpc) is 2.51. The molecule has 0 spiro atoms. The minimum atomic E-state index is -2.26. The molecule has 0 aliphatic rings. The molecule has 124 valence electrons. The van der Waals surface area contributed by atoms with Crippen LogP contribution in [0.1, 0.15) is 5.56 Å². The maximum absolute atomic E-state index is 13.1. The molecule has 0 bridgehead atoms. The van der Waals surface area contributed by atoms with Crippen molar-refractivity contribution < 1.29 is 22.3 Å². The second kappa shape index (κ2) is 8.35. The summed E-state index contributed by atoms with van der Waals surface area (Å²) in [4.78, 5) is 0.0200. The summed E-state index contributed by atoms with van der Waals surface area (Å²) in [7, 11) is 0. The smallest absolute Gasteiger partial charge is 0.186 e. The largest absolute Gasteiger partial charge is 0.491 e. The van der Waals surface area contributed by atoms with Crippen molar-refractivity contribution in [3.63, 3.8) is 0 Å². The molecule has 0 aromatic heterocycles. The maximum Gasteiger partial charge on any atom is 0.186 e. The van der Waals surface area contributed by atoms with Crippen molar-refractivity contribution in [1.82, 2.24) is 5.32 Å². The van der Waals surface area contributed by atoms with Crippen LogP contribution in [0.5, 0.6) is 5.75 Å². The molecule has 4 nitrogen and oxygen atoms in total. The first-order chi connectivity index (χ1) is 11.0. The van der Waals surface area contributed by atoms with Crippen molar-refractivity contribution in [2.75, 3.05) is 13.2 Å². The zero-order valence-electron chi connectivity index (χ0n) is 11.9. The number of nitrogens with one attached hydrogen (secondary N) is 1. The zero-order chi connectivity index (χ0) is 16.8. The summed E-state index contributed by atoms with van der Waals surface area (Å²) in [6, 6.07) is 7.51. The Hall–Kier alpha value is -1.54. The molecule has 8 heteroatoms. The molecule has 2 N–H and O–H groups in total. The van der Waals surface area contributed by atoms with E-state index in [0.29, 0.717) is 17.1 Å². The standard InChI is InChI=1S/C15H14ClF2NO3S/c16-13-4-3-11(17)7-14(13)22-6-5-19-9-10-1-2-12(18)8-15(10)23(20)21/h1-4,7-8,19H,5-6,9H2,(H,20,21). The molecule has 2 aromatic carbocycles. The fraction of sp³-hybridized carbons (Fsp3) is 0.200. The Morgan fingerprint density at radius 1 is 1.17 bits per heavy atom. The van der Waals surface area contributed by atoms with Crippen molar-refractivity contribution >= 4 is 22.7 Å². The van der Waals surface area contributed by atoms with Gasteiger partial charge in [-0.3, -0.25) is 0 Å². The van der Waals surface area contributed by atoms with Crippen LogP contribution in [0.2, 0.25) is 5.02 Å². The van der Waals surface area contributed by atoms with Gasteiger partial charge in [-0.25, -0.2) is 13.0 Å². The van der Waals surface area contributed by atoms with Crippen molar-refractivity contribution in [2.24, 2.45) is 0 Å². The predicted octanol–water partition coefficient (Wildman–Crippen LogP) is 3.37. The Morgan fingerprint density at radius 3 is 2.61 bits per heavy atom. The third-order valence-electron chi connectivity index (χ3n) is 2.96. The van der Waals surface area contributed by atoms with Crippen LogP contribution in [0.4, 0.5) is 8.78 Å². The van der Waals surface area contributed by atoms with Crippen molar-refractivity contribution in [2.45, 2.75) is 11.4 Å². The highest BCUT2D eigenvalue weighted by Gasteiger charge is 2.09. The van der Waals surface area contributed by atoms with E-state index in [1.54, 1.807) is 0 Å². The van der Waals surface area contributed by atoms with E-state index in [9.17, 15) is 13.0 Å². The highest BCUT2D eigenvalue weighted by atomic mass is 35.5. The third kappa shape index (κ3) is 5.24. The van der Waals surface area contributed by atoms with Gasteiger partial charge in [0.25, 0.3) is 0 Å². The zero-order valence-corrected chi connectivity index (χ0v) is 13.5. The van der Waals surface area contributed by atoms with E-state index in [-0.39, 0.29) is 23.8 Å². The molecule has 0 radical (unpaired) electrons. The molecular weight excluding hydrogens is 348 g/mol. The molecule has 0 heterocycles. The molecule has 0 aliphatic heterocycles. The second-order valence-corrected chi connectivity index (χ2v) is 5.95. The highest BCUT2D eigenvalue weighted by Crippen LogP contribution is 2.24. The van der Waals surface area contributed by atoms with E-state index in [4.69, 9.17) is 20.9 Å². The van der Waals surface area contributed by atoms with Crippen molar-refractivity contribution in [3.8, 4) is 5.75 Å². The van der Waals surface area contributed by atoms with Gasteiger partial charge in [0, 0.05) is 19.2 Å². The summed E-state index contributed by atoms with van der Waals surface area (Å²) in [5, 5.41) is 3.30. The lowest BCUT2D eigenvalue weighted by molar-refractivity contribution is 0.312. The van der Waals surface area contributed by atoms with Gasteiger partial charge in [-0.2, -0.15) is 0 Å². The maximum atomic E-state index is 13.1. The van der Waals surface area contributed by atoms with Crippen molar-refractivity contribution in [3.05, 3.63) is 58.6 Å². The van der Waals surface area contributed by atoms with Gasteiger partial charge in [0.1, 0.15) is 24.0 Å². The van der Waals surface area contributed by atoms with Crippen LogP contribution in [0.3, 0.4) is 0 Å². The molecule has 0 saturated carbocycles. The Labute approximate surface area is 139 Å². The minimum absolute atomic E-state index is 0.0200. The van der Waals surface area contributed by atoms with Gasteiger partial charge in [-0.1, -0.05) is 17.7 Å². The molecule has 23 heavy (non-hydrogen) atoms. The van der Waals surface area contributed by atoms with Gasteiger partial charge in [0.15, 0.2) is 11.1 Å². The SMILES string of the molecule is O=S(O)c1cc(F)ccc1CNCCOc1cc(F)ccc1Cl. The van der Waals surface area contributed by atoms with Gasteiger partial charge >= 0.3 is 0 Å². The topological polar surface area (TPSA) is 58.6 Å². The normalized spacial score (nSPS) is 12.2. The van der Waals surface area contributed by atoms with Crippen LogP contribution in [-0.4, -0.2) is 21.9 Å². The lowest BCUT2D eigenvalue weighted by Crippen LogP contribution is -2.21. The molecule has 0 amide bonds. The number of ether oxygens (including phenoxy) is 1. The average molecular weight is 362 g/mol. The van der Waals surface area contributed by atoms with Gasteiger partial charge in [-0.05, 0) is 29.8 Å². The first-order valence-corrected chi connectivity index (χ1v) is 8.13. The number of hydrogen-bond donors (Lipinski definition) is 2. The van der Waals surface area contributed by atoms with E-state index < -0.39 is 22.7 Å². The van der Waals surface area contributed by atoms with Crippen LogP contribution >= 0.6 is 11.6 Å². The molecule has 0 aliphatic carbocycles. The van der Waals surface area contributed by atoms with Crippen molar-refractivity contribution in [1.29, 1.82) is 0 Å². The summed E-state index contributed by atoms with van der Waals surface area (Å²) in [6.07, 6.45) is 0.